The van der Waals surface area contributed by atoms with E-state index in [0.717, 1.165) is 17.5 Å². The molecule has 2 rings (SSSR count). The topological polar surface area (TPSA) is 67.2 Å². The predicted octanol–water partition coefficient (Wildman–Crippen LogP) is 1.71. The van der Waals surface area contributed by atoms with Gasteiger partial charge in [0, 0.05) is 25.7 Å². The molecule has 0 bridgehead atoms. The molecule has 1 unspecified atom stereocenters. The molecule has 2 amide bonds. The highest BCUT2D eigenvalue weighted by Crippen LogP contribution is 2.26. The fraction of sp³-hybridized carbons (Fsp3) is 0.643. The fourth-order valence-electron chi connectivity index (χ4n) is 2.43. The minimum Gasteiger partial charge on any atom is -0.356 e. The Hall–Kier alpha value is -2.06. The summed E-state index contributed by atoms with van der Waals surface area (Å²) in [7, 11) is 0. The molecule has 1 aliphatic heterocycles. The molecule has 2 heterocycles. The van der Waals surface area contributed by atoms with Gasteiger partial charge in [-0.05, 0) is 6.42 Å². The quantitative estimate of drug-likeness (QED) is 0.807. The van der Waals surface area contributed by atoms with Crippen LogP contribution in [0.1, 0.15) is 26.2 Å². The maximum absolute atomic E-state index is 12.3. The van der Waals surface area contributed by atoms with Gasteiger partial charge >= 0.3 is 6.18 Å². The van der Waals surface area contributed by atoms with Gasteiger partial charge < -0.3 is 10.2 Å². The van der Waals surface area contributed by atoms with Gasteiger partial charge in [0.15, 0.2) is 0 Å². The number of nitrogens with zero attached hydrogens (tertiary/aromatic N) is 3. The standard InChI is InChI=1S/C14H19F3N4O2/c1-2-3-4-18-13(23)10-5-12(22)21(7-10)11-6-19-20(8-11)9-14(15,16)17/h6,8,10H,2-5,7,9H2,1H3,(H,18,23). The van der Waals surface area contributed by atoms with Crippen LogP contribution >= 0.6 is 0 Å². The van der Waals surface area contributed by atoms with Gasteiger partial charge in [-0.3, -0.25) is 14.3 Å². The summed E-state index contributed by atoms with van der Waals surface area (Å²) in [4.78, 5) is 25.3. The molecule has 1 aromatic rings. The lowest BCUT2D eigenvalue weighted by atomic mass is 10.1. The normalized spacial score (nSPS) is 18.5. The van der Waals surface area contributed by atoms with Crippen LogP contribution in [0.2, 0.25) is 0 Å². The molecule has 1 saturated heterocycles. The molecular formula is C14H19F3N4O2. The zero-order valence-corrected chi connectivity index (χ0v) is 12.8. The highest BCUT2D eigenvalue weighted by atomic mass is 19.4. The molecular weight excluding hydrogens is 313 g/mol. The molecule has 0 radical (unpaired) electrons. The average molecular weight is 332 g/mol. The van der Waals surface area contributed by atoms with Crippen LogP contribution in [0.4, 0.5) is 18.9 Å². The Morgan fingerprint density at radius 3 is 2.87 bits per heavy atom. The number of amides is 2. The molecule has 1 atom stereocenters. The smallest absolute Gasteiger partial charge is 0.356 e. The Labute approximate surface area is 131 Å². The molecule has 6 nitrogen and oxygen atoms in total. The second-order valence-electron chi connectivity index (χ2n) is 5.56. The van der Waals surface area contributed by atoms with Crippen LogP contribution in [0.3, 0.4) is 0 Å². The Bertz CT molecular complexity index is 571. The third-order valence-electron chi connectivity index (χ3n) is 3.60. The molecule has 0 spiro atoms. The summed E-state index contributed by atoms with van der Waals surface area (Å²) in [6, 6.07) is 0. The van der Waals surface area contributed by atoms with Crippen LogP contribution in [0.15, 0.2) is 12.4 Å². The van der Waals surface area contributed by atoms with Crippen molar-refractivity contribution in [2.75, 3.05) is 18.0 Å². The zero-order valence-electron chi connectivity index (χ0n) is 12.8. The van der Waals surface area contributed by atoms with Gasteiger partial charge in [0.25, 0.3) is 0 Å². The monoisotopic (exact) mass is 332 g/mol. The van der Waals surface area contributed by atoms with E-state index >= 15 is 0 Å². The Balaban J connectivity index is 1.96. The fourth-order valence-corrected chi connectivity index (χ4v) is 2.43. The van der Waals surface area contributed by atoms with Crippen LogP contribution in [0.5, 0.6) is 0 Å². The van der Waals surface area contributed by atoms with E-state index in [1.165, 1.54) is 17.3 Å². The Kier molecular flexibility index (Phi) is 5.27. The first-order chi connectivity index (χ1) is 10.8. The van der Waals surface area contributed by atoms with Crippen molar-refractivity contribution in [2.24, 2.45) is 5.92 Å². The number of anilines is 1. The summed E-state index contributed by atoms with van der Waals surface area (Å²) in [6.07, 6.45) is -0.124. The van der Waals surface area contributed by atoms with Crippen molar-refractivity contribution in [1.82, 2.24) is 15.1 Å². The van der Waals surface area contributed by atoms with E-state index in [9.17, 15) is 22.8 Å². The van der Waals surface area contributed by atoms with Crippen LogP contribution in [-0.2, 0) is 16.1 Å². The van der Waals surface area contributed by atoms with E-state index in [2.05, 4.69) is 10.4 Å². The number of aromatic nitrogens is 2. The van der Waals surface area contributed by atoms with Crippen LogP contribution < -0.4 is 10.2 Å². The molecule has 23 heavy (non-hydrogen) atoms. The van der Waals surface area contributed by atoms with Gasteiger partial charge in [-0.15, -0.1) is 0 Å². The largest absolute Gasteiger partial charge is 0.408 e. The van der Waals surface area contributed by atoms with E-state index in [1.807, 2.05) is 6.92 Å². The van der Waals surface area contributed by atoms with Gasteiger partial charge in [-0.25, -0.2) is 0 Å². The van der Waals surface area contributed by atoms with Crippen LogP contribution in [0.25, 0.3) is 0 Å². The van der Waals surface area contributed by atoms with Gasteiger partial charge in [0.2, 0.25) is 11.8 Å². The maximum atomic E-state index is 12.3. The van der Waals surface area contributed by atoms with Crippen molar-refractivity contribution in [3.63, 3.8) is 0 Å². The maximum Gasteiger partial charge on any atom is 0.408 e. The predicted molar refractivity (Wildman–Crippen MR) is 76.7 cm³/mol. The van der Waals surface area contributed by atoms with Gasteiger partial charge in [-0.1, -0.05) is 13.3 Å². The van der Waals surface area contributed by atoms with E-state index in [1.54, 1.807) is 0 Å². The Morgan fingerprint density at radius 1 is 1.48 bits per heavy atom. The summed E-state index contributed by atoms with van der Waals surface area (Å²) >= 11 is 0. The number of carbonyl (C=O) groups excluding carboxylic acids is 2. The molecule has 0 saturated carbocycles. The van der Waals surface area contributed by atoms with Crippen molar-refractivity contribution in [3.8, 4) is 0 Å². The number of hydrogen-bond acceptors (Lipinski definition) is 3. The van der Waals surface area contributed by atoms with Crippen LogP contribution in [0, 0.1) is 5.92 Å². The second kappa shape index (κ2) is 7.01. The minimum absolute atomic E-state index is 0.0579. The summed E-state index contributed by atoms with van der Waals surface area (Å²) in [6.45, 7) is 1.51. The molecule has 1 N–H and O–H groups in total. The van der Waals surface area contributed by atoms with E-state index in [-0.39, 0.29) is 30.5 Å². The van der Waals surface area contributed by atoms with Crippen molar-refractivity contribution < 1.29 is 22.8 Å². The van der Waals surface area contributed by atoms with Crippen molar-refractivity contribution in [1.29, 1.82) is 0 Å². The van der Waals surface area contributed by atoms with E-state index in [0.29, 0.717) is 6.54 Å². The minimum atomic E-state index is -4.37. The molecule has 0 aliphatic carbocycles. The number of nitrogens with one attached hydrogen (secondary N) is 1. The first-order valence-electron chi connectivity index (χ1n) is 7.47. The van der Waals surface area contributed by atoms with E-state index in [4.69, 9.17) is 0 Å². The molecule has 1 aromatic heterocycles. The van der Waals surface area contributed by atoms with Gasteiger partial charge in [-0.2, -0.15) is 18.3 Å². The summed E-state index contributed by atoms with van der Waals surface area (Å²) in [5.41, 5.74) is 0.281. The lowest BCUT2D eigenvalue weighted by molar-refractivity contribution is -0.142. The zero-order chi connectivity index (χ0) is 17.0. The van der Waals surface area contributed by atoms with Crippen LogP contribution in [-0.4, -0.2) is 40.9 Å². The third-order valence-corrected chi connectivity index (χ3v) is 3.60. The lowest BCUT2D eigenvalue weighted by Gasteiger charge is -2.14. The van der Waals surface area contributed by atoms with E-state index < -0.39 is 18.6 Å². The third kappa shape index (κ3) is 4.70. The lowest BCUT2D eigenvalue weighted by Crippen LogP contribution is -2.33. The first-order valence-corrected chi connectivity index (χ1v) is 7.47. The molecule has 0 aromatic carbocycles. The van der Waals surface area contributed by atoms with Crippen molar-refractivity contribution in [2.45, 2.75) is 38.9 Å². The molecule has 1 fully saturated rings. The number of carbonyl (C=O) groups is 2. The number of unbranched alkanes of at least 4 members (excludes halogenated alkanes) is 1. The molecule has 1 aliphatic rings. The van der Waals surface area contributed by atoms with Gasteiger partial charge in [0.05, 0.1) is 17.8 Å². The summed E-state index contributed by atoms with van der Waals surface area (Å²) in [5.74, 6) is -0.963. The van der Waals surface area contributed by atoms with Gasteiger partial charge in [0.1, 0.15) is 6.54 Å². The number of hydrogen-bond donors (Lipinski definition) is 1. The molecule has 9 heteroatoms. The average Bonchev–Trinajstić information content (AvgIpc) is 3.03. The SMILES string of the molecule is CCCCNC(=O)C1CC(=O)N(c2cnn(CC(F)(F)F)c2)C1. The number of halogens is 3. The number of rotatable bonds is 6. The first kappa shape index (κ1) is 17.3. The Morgan fingerprint density at radius 2 is 2.22 bits per heavy atom. The highest BCUT2D eigenvalue weighted by molar-refractivity contribution is 6.00. The number of alkyl halides is 3. The summed E-state index contributed by atoms with van der Waals surface area (Å²) in [5, 5.41) is 6.38. The van der Waals surface area contributed by atoms with Crippen molar-refractivity contribution in [3.05, 3.63) is 12.4 Å². The summed E-state index contributed by atoms with van der Waals surface area (Å²) < 4.78 is 37.7. The second-order valence-corrected chi connectivity index (χ2v) is 5.56. The molecule has 128 valence electrons. The van der Waals surface area contributed by atoms with Crippen molar-refractivity contribution >= 4 is 17.5 Å². The highest BCUT2D eigenvalue weighted by Gasteiger charge is 2.36.